The van der Waals surface area contributed by atoms with Gasteiger partial charge in [-0.15, -0.1) is 0 Å². The van der Waals surface area contributed by atoms with E-state index in [0.29, 0.717) is 12.5 Å². The van der Waals surface area contributed by atoms with E-state index in [1.54, 1.807) is 0 Å². The van der Waals surface area contributed by atoms with Crippen molar-refractivity contribution in [1.82, 2.24) is 0 Å². The Hall–Kier alpha value is -2.23. The molecule has 3 atom stereocenters. The van der Waals surface area contributed by atoms with E-state index in [4.69, 9.17) is 4.74 Å². The van der Waals surface area contributed by atoms with Crippen molar-refractivity contribution >= 4 is 23.5 Å². The molecule has 3 rings (SSSR count). The van der Waals surface area contributed by atoms with Crippen LogP contribution < -0.4 is 0 Å². The van der Waals surface area contributed by atoms with Crippen LogP contribution in [0.25, 0.3) is 5.57 Å². The van der Waals surface area contributed by atoms with Gasteiger partial charge in [-0.2, -0.15) is 0 Å². The Morgan fingerprint density at radius 3 is 2.58 bits per heavy atom. The number of nitrogens with zero attached hydrogens (tertiary/aromatic N) is 1. The van der Waals surface area contributed by atoms with E-state index in [1.165, 1.54) is 7.11 Å². The highest BCUT2D eigenvalue weighted by molar-refractivity contribution is 6.28. The summed E-state index contributed by atoms with van der Waals surface area (Å²) < 4.78 is 6.98. The van der Waals surface area contributed by atoms with Crippen LogP contribution in [0.5, 0.6) is 0 Å². The lowest BCUT2D eigenvalue weighted by Crippen LogP contribution is -2.36. The monoisotopic (exact) mass is 326 g/mol. The molecule has 1 aliphatic carbocycles. The Morgan fingerprint density at radius 2 is 2.00 bits per heavy atom. The number of hydrogen-bond donors (Lipinski definition) is 0. The molecule has 0 spiro atoms. The molecule has 4 heteroatoms. The molecule has 0 saturated heterocycles. The Morgan fingerprint density at radius 1 is 1.29 bits per heavy atom. The quantitative estimate of drug-likeness (QED) is 0.617. The molecule has 126 valence electrons. The summed E-state index contributed by atoms with van der Waals surface area (Å²) in [5.41, 5.74) is 1.78. The first-order valence-corrected chi connectivity index (χ1v) is 8.51. The first-order valence-electron chi connectivity index (χ1n) is 8.51. The maximum absolute atomic E-state index is 12.8. The van der Waals surface area contributed by atoms with Crippen LogP contribution in [-0.4, -0.2) is 42.2 Å². The third-order valence-corrected chi connectivity index (χ3v) is 4.84. The summed E-state index contributed by atoms with van der Waals surface area (Å²) in [6, 6.07) is 9.48. The zero-order valence-electron chi connectivity index (χ0n) is 14.4. The predicted molar refractivity (Wildman–Crippen MR) is 92.9 cm³/mol. The van der Waals surface area contributed by atoms with E-state index in [9.17, 15) is 9.59 Å². The smallest absolute Gasteiger partial charge is 0.375 e. The molecule has 1 aromatic rings. The lowest BCUT2D eigenvalue weighted by Gasteiger charge is -2.14. The van der Waals surface area contributed by atoms with Crippen LogP contribution in [0.15, 0.2) is 36.4 Å². The molecule has 1 aromatic carbocycles. The lowest BCUT2D eigenvalue weighted by atomic mass is 9.97. The number of ether oxygens (including phenoxy) is 1. The molecule has 0 bridgehead atoms. The Balaban J connectivity index is 1.81. The van der Waals surface area contributed by atoms with E-state index in [-0.39, 0.29) is 29.6 Å². The largest absolute Gasteiger partial charge is 0.464 e. The van der Waals surface area contributed by atoms with Gasteiger partial charge in [0.25, 0.3) is 0 Å². The fraction of sp³-hybridized carbons (Fsp3) is 0.450. The number of Topliss-reactive ketones (excluding diaryl/α,β-unsaturated/α-hetero) is 1. The first-order chi connectivity index (χ1) is 11.5. The van der Waals surface area contributed by atoms with Gasteiger partial charge in [0.05, 0.1) is 13.0 Å². The van der Waals surface area contributed by atoms with Gasteiger partial charge < -0.3 is 4.74 Å². The Kier molecular flexibility index (Phi) is 4.65. The van der Waals surface area contributed by atoms with Gasteiger partial charge in [0.1, 0.15) is 5.92 Å². The van der Waals surface area contributed by atoms with Gasteiger partial charge in [0, 0.05) is 12.0 Å². The zero-order chi connectivity index (χ0) is 17.3. The third kappa shape index (κ3) is 3.05. The summed E-state index contributed by atoms with van der Waals surface area (Å²) in [4.78, 5) is 24.9. The average molecular weight is 326 g/mol. The normalized spacial score (nSPS) is 23.8. The van der Waals surface area contributed by atoms with Crippen molar-refractivity contribution in [1.29, 1.82) is 0 Å². The minimum absolute atomic E-state index is 0.145. The minimum Gasteiger partial charge on any atom is -0.464 e. The van der Waals surface area contributed by atoms with Crippen LogP contribution >= 0.6 is 0 Å². The van der Waals surface area contributed by atoms with Gasteiger partial charge in [-0.05, 0) is 11.5 Å². The fourth-order valence-electron chi connectivity index (χ4n) is 3.67. The molecule has 4 nitrogen and oxygen atoms in total. The average Bonchev–Trinajstić information content (AvgIpc) is 3.12. The number of rotatable bonds is 5. The van der Waals surface area contributed by atoms with Crippen molar-refractivity contribution in [3.05, 3.63) is 42.0 Å². The molecule has 0 unspecified atom stereocenters. The molecular formula is C20H24NO3+. The van der Waals surface area contributed by atoms with Crippen molar-refractivity contribution < 1.29 is 18.9 Å². The molecule has 1 aliphatic heterocycles. The van der Waals surface area contributed by atoms with E-state index in [1.807, 2.05) is 41.1 Å². The van der Waals surface area contributed by atoms with Crippen molar-refractivity contribution in [3.63, 3.8) is 0 Å². The second kappa shape index (κ2) is 6.71. The van der Waals surface area contributed by atoms with Crippen molar-refractivity contribution in [3.8, 4) is 0 Å². The molecule has 0 radical (unpaired) electrons. The van der Waals surface area contributed by atoms with Crippen LogP contribution in [0.2, 0.25) is 0 Å². The molecular weight excluding hydrogens is 302 g/mol. The molecule has 0 saturated carbocycles. The number of ketones is 1. The third-order valence-electron chi connectivity index (χ3n) is 4.84. The summed E-state index contributed by atoms with van der Waals surface area (Å²) in [5.74, 6) is 0.308. The highest BCUT2D eigenvalue weighted by Crippen LogP contribution is 2.36. The van der Waals surface area contributed by atoms with Gasteiger partial charge in [-0.25, -0.2) is 9.37 Å². The molecule has 1 heterocycles. The van der Waals surface area contributed by atoms with Crippen molar-refractivity contribution in [2.75, 3.05) is 13.7 Å². The van der Waals surface area contributed by atoms with Crippen LogP contribution in [0.3, 0.4) is 0 Å². The van der Waals surface area contributed by atoms with Crippen molar-refractivity contribution in [2.24, 2.45) is 17.8 Å². The maximum Gasteiger partial charge on any atom is 0.375 e. The minimum atomic E-state index is -0.304. The van der Waals surface area contributed by atoms with Crippen LogP contribution in [-0.2, 0) is 14.3 Å². The molecule has 0 fully saturated rings. The van der Waals surface area contributed by atoms with E-state index in [2.05, 4.69) is 19.9 Å². The van der Waals surface area contributed by atoms with Crippen molar-refractivity contribution in [2.45, 2.75) is 26.3 Å². The molecule has 0 N–H and O–H groups in total. The number of carbonyl (C=O) groups is 2. The maximum atomic E-state index is 12.8. The number of methoxy groups -OCH3 is 1. The van der Waals surface area contributed by atoms with Crippen LogP contribution in [0.1, 0.15) is 25.8 Å². The predicted octanol–water partition coefficient (Wildman–Crippen LogP) is 2.57. The molecule has 0 aromatic heterocycles. The second-order valence-electron chi connectivity index (χ2n) is 7.01. The highest BCUT2D eigenvalue weighted by Gasteiger charge is 2.47. The topological polar surface area (TPSA) is 46.4 Å². The van der Waals surface area contributed by atoms with Gasteiger partial charge in [-0.1, -0.05) is 50.3 Å². The Labute approximate surface area is 142 Å². The lowest BCUT2D eigenvalue weighted by molar-refractivity contribution is -0.548. The summed E-state index contributed by atoms with van der Waals surface area (Å²) in [6.07, 6.45) is 4.75. The zero-order valence-corrected chi connectivity index (χ0v) is 14.4. The number of allylic oxidation sites excluding steroid dienone is 1. The number of hydrogen-bond acceptors (Lipinski definition) is 3. The summed E-state index contributed by atoms with van der Waals surface area (Å²) in [7, 11) is 1.42. The van der Waals surface area contributed by atoms with E-state index in [0.717, 1.165) is 17.6 Å². The van der Waals surface area contributed by atoms with E-state index >= 15 is 0 Å². The van der Waals surface area contributed by atoms with Crippen LogP contribution in [0, 0.1) is 17.8 Å². The van der Waals surface area contributed by atoms with Gasteiger partial charge >= 0.3 is 5.97 Å². The van der Waals surface area contributed by atoms with E-state index < -0.39 is 0 Å². The standard InChI is InChI=1S/C20H24NO3/c1-13(2)9-18(20(23)24-3)21-11-15-10-16(19(22)17(15)12-21)14-7-5-4-6-8-14/h4-8,10,12-13,15,17-18H,9,11H2,1-3H3/q+1/t15-,17+,18+/m1/s1. The van der Waals surface area contributed by atoms with Gasteiger partial charge in [0.2, 0.25) is 6.04 Å². The SMILES string of the molecule is COC(=O)[C@H](CC(C)C)[N+]1=C[C@@H]2C(=O)C(c3ccccc3)=C[C@@H]2C1. The van der Waals surface area contributed by atoms with Gasteiger partial charge in [-0.3, -0.25) is 4.79 Å². The molecule has 0 amide bonds. The summed E-state index contributed by atoms with van der Waals surface area (Å²) in [5, 5.41) is 0. The number of benzene rings is 1. The highest BCUT2D eigenvalue weighted by atomic mass is 16.5. The molecule has 2 aliphatic rings. The summed E-state index contributed by atoms with van der Waals surface area (Å²) in [6.45, 7) is 4.87. The van der Waals surface area contributed by atoms with Gasteiger partial charge in [0.15, 0.2) is 18.5 Å². The number of carbonyl (C=O) groups excluding carboxylic acids is 2. The number of fused-ring (bicyclic) bond motifs is 1. The summed E-state index contributed by atoms with van der Waals surface area (Å²) >= 11 is 0. The first kappa shape index (κ1) is 16.6. The molecule has 24 heavy (non-hydrogen) atoms. The number of esters is 1. The Bertz CT molecular complexity index is 703. The second-order valence-corrected chi connectivity index (χ2v) is 7.01. The van der Waals surface area contributed by atoms with Crippen LogP contribution in [0.4, 0.5) is 0 Å². The fourth-order valence-corrected chi connectivity index (χ4v) is 3.67.